The number of aliphatic hydroxyl groups excluding tert-OH is 2. The number of nitrogens with zero attached hydrogens (tertiary/aromatic N) is 2. The second kappa shape index (κ2) is 5.36. The van der Waals surface area contributed by atoms with E-state index in [0.717, 1.165) is 0 Å². The van der Waals surface area contributed by atoms with Gasteiger partial charge in [0.2, 0.25) is 5.95 Å². The van der Waals surface area contributed by atoms with Crippen LogP contribution >= 0.6 is 0 Å². The van der Waals surface area contributed by atoms with Gasteiger partial charge >= 0.3 is 0 Å². The minimum atomic E-state index is -0.989. The molecule has 120 valence electrons. The normalized spacial score (nSPS) is 28.5. The van der Waals surface area contributed by atoms with E-state index in [4.69, 9.17) is 15.2 Å². The van der Waals surface area contributed by atoms with Crippen LogP contribution in [0.15, 0.2) is 11.0 Å². The van der Waals surface area contributed by atoms with Crippen LogP contribution in [0.1, 0.15) is 11.8 Å². The lowest BCUT2D eigenvalue weighted by molar-refractivity contribution is -0.0580. The summed E-state index contributed by atoms with van der Waals surface area (Å²) in [7, 11) is 1.44. The number of aromatic amines is 1. The number of anilines is 1. The van der Waals surface area contributed by atoms with Crippen molar-refractivity contribution in [3.63, 3.8) is 0 Å². The molecule has 0 unspecified atom stereocenters. The van der Waals surface area contributed by atoms with Gasteiger partial charge < -0.3 is 30.0 Å². The number of nitrogens with one attached hydrogen (secondary N) is 1. The summed E-state index contributed by atoms with van der Waals surface area (Å²) < 4.78 is 12.5. The zero-order chi connectivity index (χ0) is 16.0. The molecule has 0 spiro atoms. The number of hydrogen-bond donors (Lipinski definition) is 4. The zero-order valence-electron chi connectivity index (χ0n) is 12.2. The zero-order valence-corrected chi connectivity index (χ0v) is 12.2. The fourth-order valence-electron chi connectivity index (χ4n) is 2.90. The number of methoxy groups -OCH3 is 1. The van der Waals surface area contributed by atoms with Gasteiger partial charge in [0.1, 0.15) is 18.3 Å². The first-order valence-electron chi connectivity index (χ1n) is 6.82. The largest absolute Gasteiger partial charge is 0.394 e. The molecule has 3 rings (SSSR count). The lowest BCUT2D eigenvalue weighted by Crippen LogP contribution is -2.34. The third kappa shape index (κ3) is 2.10. The molecule has 2 aromatic rings. The van der Waals surface area contributed by atoms with Crippen molar-refractivity contribution in [1.29, 1.82) is 0 Å². The maximum Gasteiger partial charge on any atom is 0.262 e. The van der Waals surface area contributed by atoms with Gasteiger partial charge in [-0.05, 0) is 12.5 Å². The van der Waals surface area contributed by atoms with Gasteiger partial charge in [0.05, 0.1) is 12.0 Å². The average molecular weight is 310 g/mol. The molecule has 0 radical (unpaired) electrons. The SMILES string of the molecule is CO[C@H]1[C@@H](O)[C@@H](CO)O[C@H]1n1cc(C)c2c(=O)[nH]c(N)nc21. The highest BCUT2D eigenvalue weighted by Crippen LogP contribution is 2.34. The molecular formula is C13H18N4O5. The molecule has 5 N–H and O–H groups in total. The summed E-state index contributed by atoms with van der Waals surface area (Å²) in [6.07, 6.45) is -1.49. The van der Waals surface area contributed by atoms with Gasteiger partial charge in [-0.2, -0.15) is 4.98 Å². The Balaban J connectivity index is 2.16. The summed E-state index contributed by atoms with van der Waals surface area (Å²) in [5, 5.41) is 19.8. The maximum absolute atomic E-state index is 12.0. The van der Waals surface area contributed by atoms with E-state index in [-0.39, 0.29) is 18.1 Å². The molecule has 22 heavy (non-hydrogen) atoms. The van der Waals surface area contributed by atoms with E-state index in [1.807, 2.05) is 0 Å². The number of ether oxygens (including phenoxy) is 2. The fraction of sp³-hybridized carbons (Fsp3) is 0.538. The van der Waals surface area contributed by atoms with Gasteiger partial charge in [-0.25, -0.2) is 0 Å². The predicted molar refractivity (Wildman–Crippen MR) is 77.3 cm³/mol. The molecule has 2 aromatic heterocycles. The van der Waals surface area contributed by atoms with Crippen molar-refractivity contribution in [1.82, 2.24) is 14.5 Å². The maximum atomic E-state index is 12.0. The number of H-pyrrole nitrogens is 1. The van der Waals surface area contributed by atoms with Crippen LogP contribution in [-0.4, -0.2) is 56.8 Å². The van der Waals surface area contributed by atoms with E-state index in [1.165, 1.54) is 7.11 Å². The summed E-state index contributed by atoms with van der Waals surface area (Å²) in [5.74, 6) is -0.0110. The first-order valence-corrected chi connectivity index (χ1v) is 6.82. The monoisotopic (exact) mass is 310 g/mol. The number of aliphatic hydroxyl groups is 2. The number of nitrogen functional groups attached to an aromatic ring is 1. The van der Waals surface area contributed by atoms with Gasteiger partial charge in [0.25, 0.3) is 5.56 Å². The Hall–Kier alpha value is -1.94. The average Bonchev–Trinajstić information content (AvgIpc) is 2.96. The van der Waals surface area contributed by atoms with Crippen LogP contribution in [-0.2, 0) is 9.47 Å². The van der Waals surface area contributed by atoms with E-state index in [2.05, 4.69) is 9.97 Å². The lowest BCUT2D eigenvalue weighted by Gasteiger charge is -2.20. The van der Waals surface area contributed by atoms with Crippen molar-refractivity contribution in [2.45, 2.75) is 31.5 Å². The molecule has 0 aromatic carbocycles. The van der Waals surface area contributed by atoms with Gasteiger partial charge in [-0.1, -0.05) is 0 Å². The third-order valence-corrected chi connectivity index (χ3v) is 3.93. The van der Waals surface area contributed by atoms with E-state index < -0.39 is 24.5 Å². The highest BCUT2D eigenvalue weighted by atomic mass is 16.6. The van der Waals surface area contributed by atoms with Crippen LogP contribution in [0.25, 0.3) is 11.0 Å². The van der Waals surface area contributed by atoms with Crippen LogP contribution in [0.4, 0.5) is 5.95 Å². The molecule has 1 aliphatic heterocycles. The quantitative estimate of drug-likeness (QED) is 0.564. The van der Waals surface area contributed by atoms with Crippen LogP contribution < -0.4 is 11.3 Å². The Bertz CT molecular complexity index is 755. The predicted octanol–water partition coefficient (Wildman–Crippen LogP) is -1.12. The van der Waals surface area contributed by atoms with Crippen molar-refractivity contribution in [2.75, 3.05) is 19.5 Å². The van der Waals surface area contributed by atoms with Crippen LogP contribution in [0.2, 0.25) is 0 Å². The first-order chi connectivity index (χ1) is 10.5. The number of hydrogen-bond acceptors (Lipinski definition) is 7. The standard InChI is InChI=1S/C13H18N4O5/c1-5-3-17(10-7(5)11(20)16-13(14)15-10)12-9(21-2)8(19)6(4-18)22-12/h3,6,8-9,12,18-19H,4H2,1-2H3,(H3,14,15,16,20)/t6-,8+,9+,12-/m1/s1. The summed E-state index contributed by atoms with van der Waals surface area (Å²) in [6, 6.07) is 0. The van der Waals surface area contributed by atoms with Crippen LogP contribution in [0, 0.1) is 6.92 Å². The summed E-state index contributed by atoms with van der Waals surface area (Å²) in [4.78, 5) is 18.6. The van der Waals surface area contributed by atoms with Crippen LogP contribution in [0.5, 0.6) is 0 Å². The number of fused-ring (bicyclic) bond motifs is 1. The molecule has 9 heteroatoms. The number of aromatic nitrogens is 3. The van der Waals surface area contributed by atoms with Crippen molar-refractivity contribution >= 4 is 17.0 Å². The molecule has 4 atom stereocenters. The molecular weight excluding hydrogens is 292 g/mol. The minimum Gasteiger partial charge on any atom is -0.394 e. The summed E-state index contributed by atoms with van der Waals surface area (Å²) in [5.41, 5.74) is 6.31. The Morgan fingerprint density at radius 3 is 2.95 bits per heavy atom. The minimum absolute atomic E-state index is 0.0110. The Kier molecular flexibility index (Phi) is 3.65. The molecule has 9 nitrogen and oxygen atoms in total. The van der Waals surface area contributed by atoms with Gasteiger partial charge in [-0.15, -0.1) is 0 Å². The second-order valence-electron chi connectivity index (χ2n) is 5.31. The highest BCUT2D eigenvalue weighted by molar-refractivity contribution is 5.80. The van der Waals surface area contributed by atoms with Crippen molar-refractivity contribution < 1.29 is 19.7 Å². The second-order valence-corrected chi connectivity index (χ2v) is 5.31. The van der Waals surface area contributed by atoms with E-state index in [1.54, 1.807) is 17.7 Å². The lowest BCUT2D eigenvalue weighted by atomic mass is 10.1. The van der Waals surface area contributed by atoms with Crippen molar-refractivity contribution in [2.24, 2.45) is 0 Å². The van der Waals surface area contributed by atoms with E-state index >= 15 is 0 Å². The number of aryl methyl sites for hydroxylation is 1. The molecule has 0 saturated carbocycles. The van der Waals surface area contributed by atoms with Crippen molar-refractivity contribution in [3.8, 4) is 0 Å². The van der Waals surface area contributed by atoms with Gasteiger partial charge in [-0.3, -0.25) is 9.78 Å². The molecule has 1 saturated heterocycles. The summed E-state index contributed by atoms with van der Waals surface area (Å²) >= 11 is 0. The van der Waals surface area contributed by atoms with E-state index in [0.29, 0.717) is 16.6 Å². The number of nitrogens with two attached hydrogens (primary N) is 1. The summed E-state index contributed by atoms with van der Waals surface area (Å²) in [6.45, 7) is 1.43. The fourth-order valence-corrected chi connectivity index (χ4v) is 2.90. The highest BCUT2D eigenvalue weighted by Gasteiger charge is 2.45. The van der Waals surface area contributed by atoms with E-state index in [9.17, 15) is 15.0 Å². The number of rotatable bonds is 3. The van der Waals surface area contributed by atoms with Gasteiger partial charge in [0, 0.05) is 13.3 Å². The molecule has 0 amide bonds. The molecule has 0 aliphatic carbocycles. The molecule has 0 bridgehead atoms. The molecule has 3 heterocycles. The molecule has 1 aliphatic rings. The Labute approximate surface area is 125 Å². The Morgan fingerprint density at radius 2 is 2.32 bits per heavy atom. The third-order valence-electron chi connectivity index (χ3n) is 3.93. The van der Waals surface area contributed by atoms with Crippen LogP contribution in [0.3, 0.4) is 0 Å². The molecule has 1 fully saturated rings. The smallest absolute Gasteiger partial charge is 0.262 e. The first kappa shape index (κ1) is 15.0. The topological polar surface area (TPSA) is 136 Å². The van der Waals surface area contributed by atoms with Gasteiger partial charge in [0.15, 0.2) is 11.9 Å². The Morgan fingerprint density at radius 1 is 1.59 bits per heavy atom. The van der Waals surface area contributed by atoms with Crippen molar-refractivity contribution in [3.05, 3.63) is 22.1 Å².